The quantitative estimate of drug-likeness (QED) is 0.0321. The van der Waals surface area contributed by atoms with Crippen molar-refractivity contribution in [1.29, 1.82) is 0 Å². The SMILES string of the molecule is CCCCCCCCCCCCCC/C=C/C(O)C(CO)NC(=O)CCCCCCCCCCCCCCCCCCCCCCCCCOC(=O)CCCCCCCCCCCCCC. The van der Waals surface area contributed by atoms with Gasteiger partial charge >= 0.3 is 5.97 Å². The first-order valence-corrected chi connectivity index (χ1v) is 30.0. The summed E-state index contributed by atoms with van der Waals surface area (Å²) in [6.07, 6.45) is 66.7. The number of carbonyl (C=O) groups is 2. The number of amides is 1. The highest BCUT2D eigenvalue weighted by Crippen LogP contribution is 2.18. The van der Waals surface area contributed by atoms with Gasteiger partial charge < -0.3 is 20.3 Å². The molecular formula is C60H117NO5. The first-order valence-electron chi connectivity index (χ1n) is 30.0. The number of carbonyl (C=O) groups excluding carboxylic acids is 2. The summed E-state index contributed by atoms with van der Waals surface area (Å²) in [6, 6.07) is -0.626. The molecule has 0 aliphatic rings. The molecular weight excluding hydrogens is 815 g/mol. The van der Waals surface area contributed by atoms with Crippen molar-refractivity contribution in [2.75, 3.05) is 13.2 Å². The van der Waals surface area contributed by atoms with Gasteiger partial charge in [-0.2, -0.15) is 0 Å². The summed E-state index contributed by atoms with van der Waals surface area (Å²) in [4.78, 5) is 24.5. The largest absolute Gasteiger partial charge is 0.466 e. The predicted molar refractivity (Wildman–Crippen MR) is 287 cm³/mol. The molecule has 0 rings (SSSR count). The third-order valence-electron chi connectivity index (χ3n) is 14.1. The Labute approximate surface area is 412 Å². The topological polar surface area (TPSA) is 95.9 Å². The third-order valence-corrected chi connectivity index (χ3v) is 14.1. The summed E-state index contributed by atoms with van der Waals surface area (Å²) in [5.74, 6) is -0.0508. The molecule has 0 saturated heterocycles. The van der Waals surface area contributed by atoms with Crippen molar-refractivity contribution >= 4 is 11.9 Å². The van der Waals surface area contributed by atoms with E-state index in [1.54, 1.807) is 6.08 Å². The van der Waals surface area contributed by atoms with E-state index in [1.165, 1.54) is 270 Å². The van der Waals surface area contributed by atoms with E-state index in [0.29, 0.717) is 19.4 Å². The number of hydrogen-bond donors (Lipinski definition) is 3. The van der Waals surface area contributed by atoms with Crippen LogP contribution in [0.4, 0.5) is 0 Å². The number of aliphatic hydroxyl groups excluding tert-OH is 2. The Morgan fingerprint density at radius 2 is 0.697 bits per heavy atom. The average molecular weight is 933 g/mol. The van der Waals surface area contributed by atoms with Gasteiger partial charge in [0.05, 0.1) is 25.4 Å². The molecule has 1 amide bonds. The Morgan fingerprint density at radius 1 is 0.409 bits per heavy atom. The van der Waals surface area contributed by atoms with Crippen LogP contribution in [0.3, 0.4) is 0 Å². The van der Waals surface area contributed by atoms with Crippen molar-refractivity contribution in [3.63, 3.8) is 0 Å². The fraction of sp³-hybridized carbons (Fsp3) is 0.933. The molecule has 0 aliphatic heterocycles. The van der Waals surface area contributed by atoms with E-state index < -0.39 is 12.1 Å². The van der Waals surface area contributed by atoms with E-state index in [1.807, 2.05) is 6.08 Å². The molecule has 0 saturated carbocycles. The Hall–Kier alpha value is -1.40. The van der Waals surface area contributed by atoms with Crippen LogP contribution in [-0.2, 0) is 14.3 Å². The average Bonchev–Trinajstić information content (AvgIpc) is 3.32. The van der Waals surface area contributed by atoms with Crippen LogP contribution in [0, 0.1) is 0 Å². The Kier molecular flexibility index (Phi) is 55.0. The van der Waals surface area contributed by atoms with Crippen molar-refractivity contribution < 1.29 is 24.5 Å². The zero-order chi connectivity index (χ0) is 47.9. The molecule has 66 heavy (non-hydrogen) atoms. The molecule has 0 spiro atoms. The van der Waals surface area contributed by atoms with E-state index in [-0.39, 0.29) is 18.5 Å². The minimum absolute atomic E-state index is 0.0150. The van der Waals surface area contributed by atoms with E-state index in [2.05, 4.69) is 19.2 Å². The maximum atomic E-state index is 12.4. The van der Waals surface area contributed by atoms with Gasteiger partial charge in [-0.25, -0.2) is 0 Å². The smallest absolute Gasteiger partial charge is 0.305 e. The van der Waals surface area contributed by atoms with E-state index in [9.17, 15) is 19.8 Å². The maximum Gasteiger partial charge on any atom is 0.305 e. The molecule has 0 aromatic heterocycles. The van der Waals surface area contributed by atoms with Crippen LogP contribution in [0.25, 0.3) is 0 Å². The number of hydrogen-bond acceptors (Lipinski definition) is 5. The highest BCUT2D eigenvalue weighted by molar-refractivity contribution is 5.76. The van der Waals surface area contributed by atoms with Crippen LogP contribution in [0.5, 0.6) is 0 Å². The molecule has 0 aromatic carbocycles. The normalized spacial score (nSPS) is 12.6. The number of unbranched alkanes of at least 4 members (excludes halogenated alkanes) is 45. The summed E-state index contributed by atoms with van der Waals surface area (Å²) < 4.78 is 5.47. The van der Waals surface area contributed by atoms with Crippen molar-refractivity contribution in [2.24, 2.45) is 0 Å². The summed E-state index contributed by atoms with van der Waals surface area (Å²) in [6.45, 7) is 4.92. The number of nitrogens with one attached hydrogen (secondary N) is 1. The predicted octanol–water partition coefficient (Wildman–Crippen LogP) is 18.5. The van der Waals surface area contributed by atoms with Gasteiger partial charge in [-0.3, -0.25) is 9.59 Å². The minimum Gasteiger partial charge on any atom is -0.466 e. The van der Waals surface area contributed by atoms with Crippen LogP contribution in [0.2, 0.25) is 0 Å². The first-order chi connectivity index (χ1) is 32.5. The highest BCUT2D eigenvalue weighted by Gasteiger charge is 2.18. The van der Waals surface area contributed by atoms with E-state index in [0.717, 1.165) is 38.5 Å². The molecule has 0 heterocycles. The summed E-state index contributed by atoms with van der Waals surface area (Å²) in [5, 5.41) is 23.1. The van der Waals surface area contributed by atoms with Crippen LogP contribution in [-0.4, -0.2) is 47.4 Å². The lowest BCUT2D eigenvalue weighted by Crippen LogP contribution is -2.45. The number of allylic oxidation sites excluding steroid dienone is 1. The lowest BCUT2D eigenvalue weighted by Gasteiger charge is -2.20. The number of rotatable bonds is 56. The molecule has 392 valence electrons. The van der Waals surface area contributed by atoms with Crippen LogP contribution in [0.15, 0.2) is 12.2 Å². The molecule has 6 nitrogen and oxygen atoms in total. The van der Waals surface area contributed by atoms with Gasteiger partial charge in [0.25, 0.3) is 0 Å². The molecule has 3 N–H and O–H groups in total. The van der Waals surface area contributed by atoms with Gasteiger partial charge in [0.15, 0.2) is 0 Å². The van der Waals surface area contributed by atoms with Gasteiger partial charge in [-0.15, -0.1) is 0 Å². The number of ether oxygens (including phenoxy) is 1. The molecule has 0 bridgehead atoms. The lowest BCUT2D eigenvalue weighted by atomic mass is 10.0. The zero-order valence-corrected chi connectivity index (χ0v) is 44.7. The Bertz CT molecular complexity index is 986. The van der Waals surface area contributed by atoms with Crippen LogP contribution in [0.1, 0.15) is 335 Å². The second-order valence-corrected chi connectivity index (χ2v) is 20.7. The van der Waals surface area contributed by atoms with Crippen molar-refractivity contribution in [1.82, 2.24) is 5.32 Å². The zero-order valence-electron chi connectivity index (χ0n) is 44.7. The summed E-state index contributed by atoms with van der Waals surface area (Å²) in [7, 11) is 0. The lowest BCUT2D eigenvalue weighted by molar-refractivity contribution is -0.143. The monoisotopic (exact) mass is 932 g/mol. The van der Waals surface area contributed by atoms with Gasteiger partial charge in [-0.05, 0) is 32.1 Å². The van der Waals surface area contributed by atoms with E-state index >= 15 is 0 Å². The fourth-order valence-electron chi connectivity index (χ4n) is 9.46. The Morgan fingerprint density at radius 3 is 1.03 bits per heavy atom. The molecule has 2 unspecified atom stereocenters. The molecule has 0 radical (unpaired) electrons. The second kappa shape index (κ2) is 56.2. The molecule has 6 heteroatoms. The van der Waals surface area contributed by atoms with Gasteiger partial charge in [0.1, 0.15) is 0 Å². The van der Waals surface area contributed by atoms with Crippen LogP contribution < -0.4 is 5.32 Å². The minimum atomic E-state index is -0.842. The second-order valence-electron chi connectivity index (χ2n) is 20.7. The number of aliphatic hydroxyl groups is 2. The maximum absolute atomic E-state index is 12.4. The van der Waals surface area contributed by atoms with Crippen LogP contribution >= 0.6 is 0 Å². The first kappa shape index (κ1) is 64.6. The van der Waals surface area contributed by atoms with Crippen molar-refractivity contribution in [2.45, 2.75) is 347 Å². The fourth-order valence-corrected chi connectivity index (χ4v) is 9.46. The molecule has 0 aromatic rings. The van der Waals surface area contributed by atoms with Gasteiger partial charge in [0.2, 0.25) is 5.91 Å². The van der Waals surface area contributed by atoms with Gasteiger partial charge in [-0.1, -0.05) is 302 Å². The molecule has 2 atom stereocenters. The summed E-state index contributed by atoms with van der Waals surface area (Å²) in [5.41, 5.74) is 0. The highest BCUT2D eigenvalue weighted by atomic mass is 16.5. The van der Waals surface area contributed by atoms with Crippen molar-refractivity contribution in [3.8, 4) is 0 Å². The molecule has 0 fully saturated rings. The Balaban J connectivity index is 3.38. The van der Waals surface area contributed by atoms with E-state index in [4.69, 9.17) is 4.74 Å². The standard InChI is InChI=1S/C60H117NO5/c1-3-5-7-9-11-13-15-17-29-32-36-40-44-48-52-58(63)57(56-62)61-59(64)53-49-45-41-37-33-30-27-25-23-21-19-18-20-22-24-26-28-31-35-39-43-47-51-55-66-60(65)54-50-46-42-38-34-16-14-12-10-8-6-4-2/h48,52,57-58,62-63H,3-47,49-51,53-56H2,1-2H3,(H,61,64)/b52-48+. The third kappa shape index (κ3) is 52.0. The molecule has 0 aliphatic carbocycles. The summed E-state index contributed by atoms with van der Waals surface area (Å²) >= 11 is 0. The number of esters is 1. The van der Waals surface area contributed by atoms with Crippen molar-refractivity contribution in [3.05, 3.63) is 12.2 Å². The van der Waals surface area contributed by atoms with Gasteiger partial charge in [0, 0.05) is 12.8 Å².